The summed E-state index contributed by atoms with van der Waals surface area (Å²) in [6, 6.07) is 0. The molecule has 0 radical (unpaired) electrons. The Morgan fingerprint density at radius 3 is 0.409 bits per heavy atom. The zero-order chi connectivity index (χ0) is 19.5. The van der Waals surface area contributed by atoms with Gasteiger partial charge >= 0.3 is 42.1 Å². The number of carboxylic acids is 6. The van der Waals surface area contributed by atoms with Crippen LogP contribution in [0.25, 0.3) is 0 Å². The first-order valence-electron chi connectivity index (χ1n) is 3.56. The average Bonchev–Trinajstić information content (AvgIpc) is 2.44. The summed E-state index contributed by atoms with van der Waals surface area (Å²) in [5, 5.41) is 53.6. The number of rotatable bonds is 0. The number of carbonyl (C=O) groups is 6. The Hall–Kier alpha value is -2.41. The van der Waals surface area contributed by atoms with E-state index in [0.29, 0.717) is 0 Å². The molecule has 0 saturated heterocycles. The Morgan fingerprint density at radius 2 is 0.409 bits per heavy atom. The summed E-state index contributed by atoms with van der Waals surface area (Å²) in [6.07, 6.45) is 0. The Balaban J connectivity index is -0.0000000588. The molecule has 14 nitrogen and oxygen atoms in total. The predicted molar refractivity (Wildman–Crippen MR) is 31.4 cm³/mol. The minimum atomic E-state index is -2.19. The SMILES string of the molecule is O=C([O-])C(=O)[O-].O=C([O-])C(=O)[O-].O=C([O-])C(=O)[O-].[O]=[V+3].[O]=[V+3]. The van der Waals surface area contributed by atoms with Gasteiger partial charge in [0.2, 0.25) is 0 Å². The van der Waals surface area contributed by atoms with Crippen LogP contribution in [0.1, 0.15) is 0 Å². The van der Waals surface area contributed by atoms with Crippen molar-refractivity contribution in [2.75, 3.05) is 0 Å². The average molecular weight is 398 g/mol. The summed E-state index contributed by atoms with van der Waals surface area (Å²) in [7, 11) is 0. The summed E-state index contributed by atoms with van der Waals surface area (Å²) in [5.74, 6) is -13.1. The van der Waals surface area contributed by atoms with Crippen LogP contribution in [0.2, 0.25) is 0 Å². The molecule has 0 fully saturated rings. The first kappa shape index (κ1) is 31.8. The van der Waals surface area contributed by atoms with Crippen LogP contribution in [0.3, 0.4) is 0 Å². The second kappa shape index (κ2) is 23.7. The van der Waals surface area contributed by atoms with E-state index in [2.05, 4.69) is 0 Å². The molecule has 0 atom stereocenters. The molecule has 0 aliphatic carbocycles. The van der Waals surface area contributed by atoms with Crippen LogP contribution >= 0.6 is 0 Å². The first-order chi connectivity index (χ1) is 9.93. The molecule has 0 amide bonds. The van der Waals surface area contributed by atoms with Gasteiger partial charge in [-0.1, -0.05) is 0 Å². The molecule has 16 heteroatoms. The molecule has 0 N–H and O–H groups in total. The fourth-order valence-electron chi connectivity index (χ4n) is 0. The van der Waals surface area contributed by atoms with Crippen molar-refractivity contribution in [3.05, 3.63) is 0 Å². The van der Waals surface area contributed by atoms with Crippen molar-refractivity contribution < 1.29 is 101 Å². The maximum absolute atomic E-state index is 8.93. The molecular formula is C6O14V2. The molecule has 0 aromatic heterocycles. The number of aliphatic carboxylic acids is 6. The van der Waals surface area contributed by atoms with E-state index in [9.17, 15) is 0 Å². The third-order valence-corrected chi connectivity index (χ3v) is 0.500. The molecule has 0 aliphatic rings. The van der Waals surface area contributed by atoms with Gasteiger partial charge in [-0.3, -0.25) is 0 Å². The van der Waals surface area contributed by atoms with Gasteiger partial charge in [0.05, 0.1) is 35.8 Å². The number of carboxylic acid groups (broad SMARTS) is 6. The van der Waals surface area contributed by atoms with Gasteiger partial charge in [0.1, 0.15) is 0 Å². The molecule has 118 valence electrons. The molecule has 0 aromatic carbocycles. The first-order valence-corrected chi connectivity index (χ1v) is 4.71. The predicted octanol–water partition coefficient (Wildman–Crippen LogP) is -10.8. The van der Waals surface area contributed by atoms with Crippen molar-refractivity contribution in [2.45, 2.75) is 0 Å². The van der Waals surface area contributed by atoms with E-state index in [1.807, 2.05) is 0 Å². The third kappa shape index (κ3) is 52.6. The van der Waals surface area contributed by atoms with Gasteiger partial charge in [0.15, 0.2) is 0 Å². The summed E-state index contributed by atoms with van der Waals surface area (Å²) in [4.78, 5) is 53.6. The molecule has 0 spiro atoms. The normalized spacial score (nSPS) is 6.55. The summed E-state index contributed by atoms with van der Waals surface area (Å²) < 4.78 is 16.4. The zero-order valence-corrected chi connectivity index (χ0v) is 12.4. The van der Waals surface area contributed by atoms with E-state index in [1.54, 1.807) is 0 Å². The van der Waals surface area contributed by atoms with Crippen LogP contribution in [0.15, 0.2) is 0 Å². The van der Waals surface area contributed by atoms with E-state index in [4.69, 9.17) is 66.8 Å². The molecule has 0 aliphatic heterocycles. The van der Waals surface area contributed by atoms with Crippen LogP contribution in [-0.4, -0.2) is 35.8 Å². The van der Waals surface area contributed by atoms with Gasteiger partial charge in [0.25, 0.3) is 0 Å². The molecule has 0 bridgehead atoms. The van der Waals surface area contributed by atoms with Crippen molar-refractivity contribution in [1.82, 2.24) is 0 Å². The van der Waals surface area contributed by atoms with Gasteiger partial charge in [-0.2, -0.15) is 0 Å². The van der Waals surface area contributed by atoms with E-state index in [1.165, 1.54) is 0 Å². The molecule has 22 heavy (non-hydrogen) atoms. The van der Waals surface area contributed by atoms with Crippen molar-refractivity contribution in [1.29, 1.82) is 0 Å². The quantitative estimate of drug-likeness (QED) is 0.343. The van der Waals surface area contributed by atoms with Gasteiger partial charge < -0.3 is 59.4 Å². The molecule has 0 aromatic rings. The van der Waals surface area contributed by atoms with Crippen LogP contribution in [0.4, 0.5) is 0 Å². The zero-order valence-electron chi connectivity index (χ0n) is 9.61. The molecule has 0 saturated carbocycles. The fourth-order valence-corrected chi connectivity index (χ4v) is 0. The van der Waals surface area contributed by atoms with Crippen molar-refractivity contribution in [2.24, 2.45) is 0 Å². The number of carbonyl (C=O) groups excluding carboxylic acids is 6. The maximum atomic E-state index is 8.93. The van der Waals surface area contributed by atoms with Gasteiger partial charge in [0, 0.05) is 0 Å². The van der Waals surface area contributed by atoms with E-state index >= 15 is 0 Å². The van der Waals surface area contributed by atoms with Gasteiger partial charge in [-0.05, 0) is 0 Å². The Bertz CT molecular complexity index is 307. The van der Waals surface area contributed by atoms with Crippen molar-refractivity contribution >= 4 is 35.8 Å². The third-order valence-electron chi connectivity index (χ3n) is 0.500. The monoisotopic (exact) mass is 398 g/mol. The minimum absolute atomic E-state index is 1.06. The summed E-state index contributed by atoms with van der Waals surface area (Å²) in [5.41, 5.74) is 0. The van der Waals surface area contributed by atoms with Crippen molar-refractivity contribution in [3.8, 4) is 0 Å². The van der Waals surface area contributed by atoms with Gasteiger partial charge in [-0.15, -0.1) is 0 Å². The standard InChI is InChI=1S/3C2H2O4.2O.2V/c3*3-1(4)2(5)6;;;;/h3*(H,3,4)(H,5,6);;;;/q;;;;;2*+3/p-6. The Labute approximate surface area is 137 Å². The molecular weight excluding hydrogens is 398 g/mol. The van der Waals surface area contributed by atoms with Crippen LogP contribution in [-0.2, 0) is 70.9 Å². The Kier molecular flexibility index (Phi) is 34.2. The van der Waals surface area contributed by atoms with Crippen molar-refractivity contribution in [3.63, 3.8) is 0 Å². The van der Waals surface area contributed by atoms with Crippen LogP contribution in [0.5, 0.6) is 0 Å². The summed E-state index contributed by atoms with van der Waals surface area (Å²) >= 11 is 2.12. The fraction of sp³-hybridized carbons (Fsp3) is 0. The second-order valence-corrected chi connectivity index (χ2v) is 1.72. The number of hydrogen-bond acceptors (Lipinski definition) is 14. The van der Waals surface area contributed by atoms with Crippen LogP contribution in [0, 0.1) is 0 Å². The molecule has 0 unspecified atom stereocenters. The van der Waals surface area contributed by atoms with E-state index in [0.717, 1.165) is 34.7 Å². The van der Waals surface area contributed by atoms with E-state index in [-0.39, 0.29) is 0 Å². The molecule has 0 heterocycles. The summed E-state index contributed by atoms with van der Waals surface area (Å²) in [6.45, 7) is 0. The number of hydrogen-bond donors (Lipinski definition) is 0. The van der Waals surface area contributed by atoms with E-state index < -0.39 is 35.8 Å². The van der Waals surface area contributed by atoms with Gasteiger partial charge in [-0.25, -0.2) is 0 Å². The molecule has 0 rings (SSSR count). The Morgan fingerprint density at radius 1 is 0.364 bits per heavy atom. The van der Waals surface area contributed by atoms with Crippen LogP contribution < -0.4 is 30.6 Å². The topological polar surface area (TPSA) is 275 Å². The second-order valence-electron chi connectivity index (χ2n) is 1.72.